The molecule has 0 radical (unpaired) electrons. The number of anilines is 1. The van der Waals surface area contributed by atoms with Crippen molar-refractivity contribution in [2.24, 2.45) is 0 Å². The van der Waals surface area contributed by atoms with Crippen molar-refractivity contribution in [2.75, 3.05) is 23.9 Å². The van der Waals surface area contributed by atoms with E-state index in [4.69, 9.17) is 0 Å². The normalized spacial score (nSPS) is 10.5. The number of rotatable bonds is 8. The van der Waals surface area contributed by atoms with Crippen molar-refractivity contribution >= 4 is 44.2 Å². The van der Waals surface area contributed by atoms with Gasteiger partial charge in [0.2, 0.25) is 0 Å². The van der Waals surface area contributed by atoms with Crippen molar-refractivity contribution in [1.82, 2.24) is 4.98 Å². The van der Waals surface area contributed by atoms with Gasteiger partial charge in [0.1, 0.15) is 4.60 Å². The van der Waals surface area contributed by atoms with Crippen LogP contribution in [0.2, 0.25) is 0 Å². The summed E-state index contributed by atoms with van der Waals surface area (Å²) in [5, 5.41) is 6.35. The van der Waals surface area contributed by atoms with Crippen LogP contribution in [0.25, 0.3) is 0 Å². The van der Waals surface area contributed by atoms with Gasteiger partial charge in [0, 0.05) is 11.9 Å². The minimum absolute atomic E-state index is 0.926. The molecule has 0 fully saturated rings. The van der Waals surface area contributed by atoms with Crippen LogP contribution in [0.15, 0.2) is 9.98 Å². The highest BCUT2D eigenvalue weighted by molar-refractivity contribution is 9.10. The summed E-state index contributed by atoms with van der Waals surface area (Å²) in [5.41, 5.74) is 0. The van der Waals surface area contributed by atoms with Gasteiger partial charge in [-0.15, -0.1) is 11.3 Å². The highest BCUT2D eigenvalue weighted by atomic mass is 79.9. The zero-order valence-electron chi connectivity index (χ0n) is 8.96. The molecule has 1 rings (SSSR count). The number of nitrogens with zero attached hydrogens (tertiary/aromatic N) is 1. The molecule has 0 amide bonds. The maximum Gasteiger partial charge on any atom is 0.183 e. The molecule has 15 heavy (non-hydrogen) atoms. The highest BCUT2D eigenvalue weighted by Gasteiger charge is 1.97. The van der Waals surface area contributed by atoms with E-state index in [9.17, 15) is 0 Å². The quantitative estimate of drug-likeness (QED) is 0.727. The monoisotopic (exact) mass is 308 g/mol. The fraction of sp³-hybridized carbons (Fsp3) is 0.700. The van der Waals surface area contributed by atoms with E-state index in [0.29, 0.717) is 0 Å². The summed E-state index contributed by atoms with van der Waals surface area (Å²) in [5.74, 6) is 1.30. The molecule has 1 aromatic rings. The van der Waals surface area contributed by atoms with Crippen LogP contribution in [-0.4, -0.2) is 23.5 Å². The molecule has 1 aromatic heterocycles. The summed E-state index contributed by atoms with van der Waals surface area (Å²) >= 11 is 6.93. The van der Waals surface area contributed by atoms with Crippen molar-refractivity contribution in [1.29, 1.82) is 0 Å². The van der Waals surface area contributed by atoms with Gasteiger partial charge in [-0.2, -0.15) is 11.8 Å². The molecule has 0 atom stereocenters. The Hall–Kier alpha value is 0.260. The largest absolute Gasteiger partial charge is 0.361 e. The van der Waals surface area contributed by atoms with Crippen molar-refractivity contribution in [3.05, 3.63) is 9.98 Å². The Bertz CT molecular complexity index is 266. The minimum atomic E-state index is 0.926. The molecule has 1 heterocycles. The van der Waals surface area contributed by atoms with E-state index in [2.05, 4.69) is 32.5 Å². The topological polar surface area (TPSA) is 24.9 Å². The van der Waals surface area contributed by atoms with Crippen molar-refractivity contribution in [2.45, 2.75) is 25.7 Å². The first kappa shape index (κ1) is 13.3. The number of hydrogen-bond donors (Lipinski definition) is 1. The van der Waals surface area contributed by atoms with E-state index in [1.807, 2.05) is 17.1 Å². The lowest BCUT2D eigenvalue weighted by Gasteiger charge is -2.02. The molecular weight excluding hydrogens is 292 g/mol. The van der Waals surface area contributed by atoms with Crippen LogP contribution in [0, 0.1) is 0 Å². The summed E-state index contributed by atoms with van der Waals surface area (Å²) in [7, 11) is 0. The maximum atomic E-state index is 4.28. The SMILES string of the molecule is CSCCCCCCNc1nc(Br)cs1. The van der Waals surface area contributed by atoms with E-state index >= 15 is 0 Å². The Labute approximate surface area is 108 Å². The zero-order chi connectivity index (χ0) is 10.9. The zero-order valence-corrected chi connectivity index (χ0v) is 12.2. The smallest absolute Gasteiger partial charge is 0.183 e. The average Bonchev–Trinajstić information content (AvgIpc) is 2.63. The molecule has 1 N–H and O–H groups in total. The summed E-state index contributed by atoms with van der Waals surface area (Å²) in [6.07, 6.45) is 7.43. The van der Waals surface area contributed by atoms with Gasteiger partial charge in [0.05, 0.1) is 0 Å². The summed E-state index contributed by atoms with van der Waals surface area (Å²) < 4.78 is 0.926. The molecule has 0 aliphatic heterocycles. The first-order valence-corrected chi connectivity index (χ1v) is 8.23. The van der Waals surface area contributed by atoms with E-state index in [1.54, 1.807) is 11.3 Å². The molecule has 0 bridgehead atoms. The molecule has 0 aliphatic carbocycles. The number of thioether (sulfide) groups is 1. The van der Waals surface area contributed by atoms with Crippen LogP contribution in [0.5, 0.6) is 0 Å². The van der Waals surface area contributed by atoms with Crippen LogP contribution in [0.1, 0.15) is 25.7 Å². The van der Waals surface area contributed by atoms with Gasteiger partial charge in [-0.05, 0) is 40.8 Å². The van der Waals surface area contributed by atoms with E-state index in [-0.39, 0.29) is 0 Å². The predicted molar refractivity (Wildman–Crippen MR) is 75.2 cm³/mol. The Morgan fingerprint density at radius 3 is 2.87 bits per heavy atom. The van der Waals surface area contributed by atoms with Crippen LogP contribution in [-0.2, 0) is 0 Å². The van der Waals surface area contributed by atoms with Gasteiger partial charge in [-0.1, -0.05) is 12.8 Å². The number of halogens is 1. The lowest BCUT2D eigenvalue weighted by Crippen LogP contribution is -2.00. The van der Waals surface area contributed by atoms with Gasteiger partial charge in [0.15, 0.2) is 5.13 Å². The van der Waals surface area contributed by atoms with Gasteiger partial charge in [-0.3, -0.25) is 0 Å². The summed E-state index contributed by atoms with van der Waals surface area (Å²) in [6, 6.07) is 0. The molecule has 86 valence electrons. The van der Waals surface area contributed by atoms with Crippen LogP contribution in [0.4, 0.5) is 5.13 Å². The van der Waals surface area contributed by atoms with Gasteiger partial charge >= 0.3 is 0 Å². The second-order valence-corrected chi connectivity index (χ2v) is 5.97. The molecule has 0 saturated carbocycles. The second-order valence-electron chi connectivity index (χ2n) is 3.31. The molecule has 0 spiro atoms. The highest BCUT2D eigenvalue weighted by Crippen LogP contribution is 2.19. The minimum Gasteiger partial charge on any atom is -0.361 e. The molecular formula is C10H17BrN2S2. The van der Waals surface area contributed by atoms with Crippen LogP contribution in [0.3, 0.4) is 0 Å². The van der Waals surface area contributed by atoms with Crippen molar-refractivity contribution in [3.63, 3.8) is 0 Å². The summed E-state index contributed by atoms with van der Waals surface area (Å²) in [6.45, 7) is 1.04. The van der Waals surface area contributed by atoms with Gasteiger partial charge < -0.3 is 5.32 Å². The molecule has 0 unspecified atom stereocenters. The number of unbranched alkanes of at least 4 members (excludes halogenated alkanes) is 3. The van der Waals surface area contributed by atoms with Gasteiger partial charge in [-0.25, -0.2) is 4.98 Å². The molecule has 2 nitrogen and oxygen atoms in total. The standard InChI is InChI=1S/C10H17BrN2S2/c1-14-7-5-3-2-4-6-12-10-13-9(11)8-15-10/h8H,2-7H2,1H3,(H,12,13). The summed E-state index contributed by atoms with van der Waals surface area (Å²) in [4.78, 5) is 4.28. The number of aromatic nitrogens is 1. The first-order chi connectivity index (χ1) is 7.33. The molecule has 0 saturated heterocycles. The first-order valence-electron chi connectivity index (χ1n) is 5.17. The van der Waals surface area contributed by atoms with Crippen molar-refractivity contribution in [3.8, 4) is 0 Å². The predicted octanol–water partition coefficient (Wildman–Crippen LogP) is 4.24. The average molecular weight is 309 g/mol. The Kier molecular flexibility index (Phi) is 7.48. The molecule has 0 aliphatic rings. The third kappa shape index (κ3) is 6.43. The molecule has 5 heteroatoms. The van der Waals surface area contributed by atoms with Crippen LogP contribution >= 0.6 is 39.0 Å². The van der Waals surface area contributed by atoms with Gasteiger partial charge in [0.25, 0.3) is 0 Å². The fourth-order valence-corrected chi connectivity index (χ4v) is 2.92. The Balaban J connectivity index is 1.93. The second kappa shape index (κ2) is 8.42. The number of hydrogen-bond acceptors (Lipinski definition) is 4. The molecule has 0 aromatic carbocycles. The number of nitrogens with one attached hydrogen (secondary N) is 1. The fourth-order valence-electron chi connectivity index (χ4n) is 1.26. The Morgan fingerprint density at radius 2 is 2.20 bits per heavy atom. The lowest BCUT2D eigenvalue weighted by atomic mass is 10.2. The lowest BCUT2D eigenvalue weighted by molar-refractivity contribution is 0.689. The number of thiazole rings is 1. The third-order valence-corrected chi connectivity index (χ3v) is 4.23. The van der Waals surface area contributed by atoms with E-state index < -0.39 is 0 Å². The Morgan fingerprint density at radius 1 is 1.40 bits per heavy atom. The van der Waals surface area contributed by atoms with E-state index in [1.165, 1.54) is 31.4 Å². The van der Waals surface area contributed by atoms with Crippen molar-refractivity contribution < 1.29 is 0 Å². The van der Waals surface area contributed by atoms with Crippen LogP contribution < -0.4 is 5.32 Å². The van der Waals surface area contributed by atoms with E-state index in [0.717, 1.165) is 16.3 Å². The maximum absolute atomic E-state index is 4.28. The third-order valence-electron chi connectivity index (χ3n) is 2.03.